The predicted molar refractivity (Wildman–Crippen MR) is 150 cm³/mol. The second-order valence-corrected chi connectivity index (χ2v) is 10.4. The van der Waals surface area contributed by atoms with Gasteiger partial charge in [-0.1, -0.05) is 93.8 Å². The molecule has 1 amide bonds. The Morgan fingerprint density at radius 1 is 0.914 bits per heavy atom. The lowest BCUT2D eigenvalue weighted by Gasteiger charge is -2.29. The molecule has 1 saturated carbocycles. The van der Waals surface area contributed by atoms with Crippen molar-refractivity contribution in [3.63, 3.8) is 0 Å². The molecule has 1 fully saturated rings. The first-order chi connectivity index (χ1) is 17.1. The van der Waals surface area contributed by atoms with E-state index in [0.29, 0.717) is 6.54 Å². The highest BCUT2D eigenvalue weighted by molar-refractivity contribution is 5.88. The van der Waals surface area contributed by atoms with Crippen LogP contribution in [-0.4, -0.2) is 24.4 Å². The summed E-state index contributed by atoms with van der Waals surface area (Å²) in [5.74, 6) is 1.67. The van der Waals surface area contributed by atoms with E-state index in [1.165, 1.54) is 90.5 Å². The molecule has 0 bridgehead atoms. The van der Waals surface area contributed by atoms with Crippen LogP contribution >= 0.6 is 0 Å². The summed E-state index contributed by atoms with van der Waals surface area (Å²) in [6.07, 6.45) is 13.3. The molecule has 2 nitrogen and oxygen atoms in total. The van der Waals surface area contributed by atoms with Gasteiger partial charge in [-0.2, -0.15) is 0 Å². The third-order valence-electron chi connectivity index (χ3n) is 7.97. The maximum Gasteiger partial charge on any atom is 0.245 e. The van der Waals surface area contributed by atoms with Crippen molar-refractivity contribution in [3.05, 3.63) is 84.4 Å². The molecule has 1 aliphatic carbocycles. The van der Waals surface area contributed by atoms with Crippen molar-refractivity contribution < 1.29 is 4.79 Å². The Bertz CT molecular complexity index is 1120. The summed E-state index contributed by atoms with van der Waals surface area (Å²) in [7, 11) is 1.82. The maximum atomic E-state index is 11.7. The fourth-order valence-electron chi connectivity index (χ4n) is 5.61. The fourth-order valence-corrected chi connectivity index (χ4v) is 5.61. The minimum absolute atomic E-state index is 0.0310. The van der Waals surface area contributed by atoms with Crippen molar-refractivity contribution in [1.29, 1.82) is 0 Å². The second-order valence-electron chi connectivity index (χ2n) is 10.4. The zero-order valence-corrected chi connectivity index (χ0v) is 21.6. The van der Waals surface area contributed by atoms with Gasteiger partial charge in [0.2, 0.25) is 5.91 Å². The molecule has 0 aromatic heterocycles. The van der Waals surface area contributed by atoms with Crippen LogP contribution in [0.15, 0.2) is 73.3 Å². The summed E-state index contributed by atoms with van der Waals surface area (Å²) in [4.78, 5) is 13.4. The summed E-state index contributed by atoms with van der Waals surface area (Å²) in [6.45, 7) is 6.56. The molecule has 0 heterocycles. The first-order valence-electron chi connectivity index (χ1n) is 13.6. The highest BCUT2D eigenvalue weighted by Crippen LogP contribution is 2.38. The van der Waals surface area contributed by atoms with Crippen molar-refractivity contribution in [1.82, 2.24) is 4.90 Å². The molecule has 0 N–H and O–H groups in total. The number of amides is 1. The van der Waals surface area contributed by atoms with Gasteiger partial charge in [0.25, 0.3) is 0 Å². The summed E-state index contributed by atoms with van der Waals surface area (Å²) < 4.78 is 0. The Kier molecular flexibility index (Phi) is 8.79. The molecule has 0 aliphatic heterocycles. The van der Waals surface area contributed by atoms with E-state index in [2.05, 4.69) is 74.2 Å². The average Bonchev–Trinajstić information content (AvgIpc) is 2.91. The van der Waals surface area contributed by atoms with Crippen molar-refractivity contribution in [3.8, 4) is 11.1 Å². The molecule has 3 aromatic carbocycles. The van der Waals surface area contributed by atoms with Gasteiger partial charge in [-0.05, 0) is 89.1 Å². The van der Waals surface area contributed by atoms with Gasteiger partial charge in [0, 0.05) is 13.6 Å². The lowest BCUT2D eigenvalue weighted by molar-refractivity contribution is -0.124. The van der Waals surface area contributed by atoms with E-state index in [1.54, 1.807) is 4.90 Å². The Hall–Kier alpha value is -2.87. The Morgan fingerprint density at radius 2 is 1.60 bits per heavy atom. The van der Waals surface area contributed by atoms with E-state index < -0.39 is 0 Å². The number of likely N-dealkylation sites (N-methyl/N-ethyl adjacent to an activating group) is 1. The predicted octanol–water partition coefficient (Wildman–Crippen LogP) is 8.55. The van der Waals surface area contributed by atoms with E-state index >= 15 is 0 Å². The summed E-state index contributed by atoms with van der Waals surface area (Å²) >= 11 is 0. The zero-order chi connectivity index (χ0) is 24.6. The molecule has 0 unspecified atom stereocenters. The first-order valence-corrected chi connectivity index (χ1v) is 13.6. The van der Waals surface area contributed by atoms with Gasteiger partial charge in [-0.25, -0.2) is 0 Å². The van der Waals surface area contributed by atoms with Crippen LogP contribution in [0.1, 0.15) is 75.3 Å². The zero-order valence-electron chi connectivity index (χ0n) is 21.6. The van der Waals surface area contributed by atoms with Crippen LogP contribution in [0.4, 0.5) is 0 Å². The standard InChI is InChI=1S/C33H41NO/c1-4-6-7-8-25-9-12-27(13-10-25)28-15-17-29(18-16-28)31-20-19-30-23-26(11-14-32(30)24-31)21-22-34(3)33(35)5-2/h5,11,14-20,23-25,27H,2,4,6-10,12-13,21-22H2,1,3H3. The molecular weight excluding hydrogens is 426 g/mol. The lowest BCUT2D eigenvalue weighted by Crippen LogP contribution is -2.26. The van der Waals surface area contributed by atoms with Crippen LogP contribution < -0.4 is 0 Å². The second kappa shape index (κ2) is 12.2. The quantitative estimate of drug-likeness (QED) is 0.216. The van der Waals surface area contributed by atoms with Crippen molar-refractivity contribution in [2.75, 3.05) is 13.6 Å². The number of carbonyl (C=O) groups excluding carboxylic acids is 1. The minimum Gasteiger partial charge on any atom is -0.342 e. The van der Waals surface area contributed by atoms with Crippen LogP contribution in [0.3, 0.4) is 0 Å². The van der Waals surface area contributed by atoms with Crippen molar-refractivity contribution in [2.45, 2.75) is 70.6 Å². The van der Waals surface area contributed by atoms with E-state index in [4.69, 9.17) is 0 Å². The lowest BCUT2D eigenvalue weighted by atomic mass is 9.77. The maximum absolute atomic E-state index is 11.7. The van der Waals surface area contributed by atoms with Crippen LogP contribution in [0.25, 0.3) is 21.9 Å². The third kappa shape index (κ3) is 6.63. The molecule has 0 radical (unpaired) electrons. The summed E-state index contributed by atoms with van der Waals surface area (Å²) in [5, 5.41) is 2.50. The smallest absolute Gasteiger partial charge is 0.245 e. The molecule has 4 rings (SSSR count). The van der Waals surface area contributed by atoms with Crippen molar-refractivity contribution >= 4 is 16.7 Å². The van der Waals surface area contributed by atoms with E-state index in [1.807, 2.05) is 7.05 Å². The molecular formula is C33H41NO. The highest BCUT2D eigenvalue weighted by Gasteiger charge is 2.22. The largest absolute Gasteiger partial charge is 0.342 e. The molecule has 184 valence electrons. The Labute approximate surface area is 212 Å². The van der Waals surface area contributed by atoms with Gasteiger partial charge in [-0.3, -0.25) is 4.79 Å². The third-order valence-corrected chi connectivity index (χ3v) is 7.97. The number of unbranched alkanes of at least 4 members (excludes halogenated alkanes) is 2. The van der Waals surface area contributed by atoms with E-state index in [0.717, 1.165) is 18.3 Å². The van der Waals surface area contributed by atoms with Crippen molar-refractivity contribution in [2.24, 2.45) is 5.92 Å². The Morgan fingerprint density at radius 3 is 2.31 bits per heavy atom. The number of rotatable bonds is 10. The molecule has 1 aliphatic rings. The van der Waals surface area contributed by atoms with Crippen LogP contribution in [0, 0.1) is 5.92 Å². The number of carbonyl (C=O) groups is 1. The number of fused-ring (bicyclic) bond motifs is 1. The summed E-state index contributed by atoms with van der Waals surface area (Å²) in [5.41, 5.74) is 5.33. The van der Waals surface area contributed by atoms with E-state index in [9.17, 15) is 4.79 Å². The van der Waals surface area contributed by atoms with Crippen LogP contribution in [-0.2, 0) is 11.2 Å². The van der Waals surface area contributed by atoms with Gasteiger partial charge in [-0.15, -0.1) is 0 Å². The van der Waals surface area contributed by atoms with Crippen LogP contribution in [0.2, 0.25) is 0 Å². The number of hydrogen-bond acceptors (Lipinski definition) is 1. The van der Waals surface area contributed by atoms with Gasteiger partial charge >= 0.3 is 0 Å². The monoisotopic (exact) mass is 467 g/mol. The number of hydrogen-bond donors (Lipinski definition) is 0. The fraction of sp³-hybridized carbons (Fsp3) is 0.424. The first kappa shape index (κ1) is 25.2. The normalized spacial score (nSPS) is 17.9. The molecule has 0 spiro atoms. The van der Waals surface area contributed by atoms with E-state index in [-0.39, 0.29) is 5.91 Å². The topological polar surface area (TPSA) is 20.3 Å². The minimum atomic E-state index is -0.0310. The SMILES string of the molecule is C=CC(=O)N(C)CCc1ccc2cc(-c3ccc(C4CCC(CCCCC)CC4)cc3)ccc2c1. The highest BCUT2D eigenvalue weighted by atomic mass is 16.2. The number of benzene rings is 3. The van der Waals surface area contributed by atoms with Gasteiger partial charge < -0.3 is 4.90 Å². The molecule has 0 atom stereocenters. The van der Waals surface area contributed by atoms with Gasteiger partial charge in [0.05, 0.1) is 0 Å². The molecule has 0 saturated heterocycles. The molecule has 2 heteroatoms. The average molecular weight is 468 g/mol. The Balaban J connectivity index is 1.37. The number of nitrogens with zero attached hydrogens (tertiary/aromatic N) is 1. The van der Waals surface area contributed by atoms with Gasteiger partial charge in [0.15, 0.2) is 0 Å². The van der Waals surface area contributed by atoms with Crippen LogP contribution in [0.5, 0.6) is 0 Å². The summed E-state index contributed by atoms with van der Waals surface area (Å²) in [6, 6.07) is 22.7. The van der Waals surface area contributed by atoms with Gasteiger partial charge in [0.1, 0.15) is 0 Å². The molecule has 35 heavy (non-hydrogen) atoms. The molecule has 3 aromatic rings.